The molecule has 1 aliphatic rings. The van der Waals surface area contributed by atoms with Crippen molar-refractivity contribution in [3.8, 4) is 34.3 Å². The van der Waals surface area contributed by atoms with Gasteiger partial charge in [0.1, 0.15) is 11.5 Å². The van der Waals surface area contributed by atoms with E-state index in [9.17, 15) is 4.79 Å². The smallest absolute Gasteiger partial charge is 0.303 e. The van der Waals surface area contributed by atoms with E-state index in [2.05, 4.69) is 15.6 Å². The maximum absolute atomic E-state index is 10.9. The van der Waals surface area contributed by atoms with Gasteiger partial charge < -0.3 is 19.2 Å². The maximum atomic E-state index is 10.9. The van der Waals surface area contributed by atoms with Crippen LogP contribution in [-0.4, -0.2) is 33.9 Å². The lowest BCUT2D eigenvalue weighted by atomic mass is 9.93. The number of hydrogen-bond acceptors (Lipinski definition) is 7. The Bertz CT molecular complexity index is 1110. The normalized spacial score (nSPS) is 15.7. The van der Waals surface area contributed by atoms with Crippen molar-refractivity contribution in [2.24, 2.45) is 5.92 Å². The molecule has 1 atom stereocenters. The quantitative estimate of drug-likeness (QED) is 0.522. The van der Waals surface area contributed by atoms with Crippen molar-refractivity contribution < 1.29 is 24.0 Å². The Morgan fingerprint density at radius 1 is 1.28 bits per heavy atom. The predicted molar refractivity (Wildman–Crippen MR) is 119 cm³/mol. The zero-order valence-corrected chi connectivity index (χ0v) is 18.6. The third-order valence-electron chi connectivity index (χ3n) is 5.12. The van der Waals surface area contributed by atoms with Crippen LogP contribution in [0.3, 0.4) is 0 Å². The molecule has 168 valence electrons. The topological polar surface area (TPSA) is 107 Å². The number of hydrogen-bond donors (Lipinski definition) is 2. The van der Waals surface area contributed by atoms with Gasteiger partial charge in [-0.15, -0.1) is 0 Å². The van der Waals surface area contributed by atoms with Crippen LogP contribution in [0.2, 0.25) is 5.02 Å². The SMILES string of the molecule is CC(C)Oc1ccc(-c2nc(-c3ccc4c(c3)CC(CCC(=O)O)CNO4)no2)cc1Cl. The van der Waals surface area contributed by atoms with Crippen molar-refractivity contribution in [1.82, 2.24) is 15.6 Å². The molecule has 1 unspecified atom stereocenters. The molecule has 9 heteroatoms. The van der Waals surface area contributed by atoms with Gasteiger partial charge in [-0.2, -0.15) is 10.5 Å². The van der Waals surface area contributed by atoms with Gasteiger partial charge in [0.25, 0.3) is 5.89 Å². The summed E-state index contributed by atoms with van der Waals surface area (Å²) in [4.78, 5) is 21.1. The van der Waals surface area contributed by atoms with Crippen molar-refractivity contribution in [2.75, 3.05) is 6.54 Å². The first-order valence-corrected chi connectivity index (χ1v) is 10.8. The zero-order chi connectivity index (χ0) is 22.7. The summed E-state index contributed by atoms with van der Waals surface area (Å²) in [5.41, 5.74) is 5.36. The van der Waals surface area contributed by atoms with Gasteiger partial charge in [0, 0.05) is 24.1 Å². The third-order valence-corrected chi connectivity index (χ3v) is 5.41. The first-order valence-electron chi connectivity index (χ1n) is 10.4. The predicted octanol–water partition coefficient (Wildman–Crippen LogP) is 4.76. The molecule has 0 saturated carbocycles. The van der Waals surface area contributed by atoms with E-state index in [4.69, 9.17) is 30.8 Å². The van der Waals surface area contributed by atoms with E-state index in [0.29, 0.717) is 53.2 Å². The molecule has 1 aliphatic heterocycles. The van der Waals surface area contributed by atoms with Gasteiger partial charge >= 0.3 is 5.97 Å². The minimum atomic E-state index is -0.799. The van der Waals surface area contributed by atoms with Gasteiger partial charge in [0.2, 0.25) is 5.82 Å². The summed E-state index contributed by atoms with van der Waals surface area (Å²) < 4.78 is 11.1. The number of halogens is 1. The van der Waals surface area contributed by atoms with Crippen LogP contribution < -0.4 is 15.1 Å². The molecule has 3 aromatic rings. The van der Waals surface area contributed by atoms with E-state index in [1.54, 1.807) is 12.1 Å². The molecular weight excluding hydrogens is 434 g/mol. The van der Waals surface area contributed by atoms with Gasteiger partial charge in [0.05, 0.1) is 11.1 Å². The highest BCUT2D eigenvalue weighted by Crippen LogP contribution is 2.33. The number of nitrogens with one attached hydrogen (secondary N) is 1. The second kappa shape index (κ2) is 9.58. The van der Waals surface area contributed by atoms with E-state index in [-0.39, 0.29) is 18.4 Å². The molecule has 1 aromatic heterocycles. The standard InChI is InChI=1S/C23H24ClN3O5/c1-13(2)30-20-7-5-16(11-18(20)24)23-26-22(27-32-23)15-4-6-19-17(10-15)9-14(12-25-31-19)3-8-21(28)29/h4-7,10-11,13-14,25H,3,8-9,12H2,1-2H3,(H,28,29). The lowest BCUT2D eigenvalue weighted by Crippen LogP contribution is -2.24. The average Bonchev–Trinajstić information content (AvgIpc) is 3.15. The number of rotatable bonds is 7. The maximum Gasteiger partial charge on any atom is 0.303 e. The van der Waals surface area contributed by atoms with E-state index in [1.165, 1.54) is 0 Å². The number of carbonyl (C=O) groups is 1. The summed E-state index contributed by atoms with van der Waals surface area (Å²) in [6.07, 6.45) is 1.41. The lowest BCUT2D eigenvalue weighted by Gasteiger charge is -2.11. The average molecular weight is 458 g/mol. The van der Waals surface area contributed by atoms with E-state index in [1.807, 2.05) is 38.1 Å². The van der Waals surface area contributed by atoms with Crippen LogP contribution in [0.1, 0.15) is 32.3 Å². The van der Waals surface area contributed by atoms with E-state index in [0.717, 1.165) is 11.1 Å². The van der Waals surface area contributed by atoms with Crippen molar-refractivity contribution in [2.45, 2.75) is 39.2 Å². The number of carboxylic acids is 1. The Morgan fingerprint density at radius 2 is 2.09 bits per heavy atom. The Kier molecular flexibility index (Phi) is 6.62. The second-order valence-corrected chi connectivity index (χ2v) is 8.42. The van der Waals surface area contributed by atoms with Crippen molar-refractivity contribution in [3.05, 3.63) is 47.0 Å². The van der Waals surface area contributed by atoms with E-state index >= 15 is 0 Å². The van der Waals surface area contributed by atoms with Gasteiger partial charge in [-0.05, 0) is 74.6 Å². The Labute approximate surface area is 190 Å². The summed E-state index contributed by atoms with van der Waals surface area (Å²) >= 11 is 6.33. The Morgan fingerprint density at radius 3 is 2.84 bits per heavy atom. The second-order valence-electron chi connectivity index (χ2n) is 8.01. The molecular formula is C23H24ClN3O5. The summed E-state index contributed by atoms with van der Waals surface area (Å²) in [5, 5.41) is 13.6. The van der Waals surface area contributed by atoms with Crippen LogP contribution in [0, 0.1) is 5.92 Å². The minimum Gasteiger partial charge on any atom is -0.489 e. The number of ether oxygens (including phenoxy) is 1. The van der Waals surface area contributed by atoms with Crippen LogP contribution in [-0.2, 0) is 11.2 Å². The number of carboxylic acid groups (broad SMARTS) is 1. The first-order chi connectivity index (χ1) is 15.4. The first kappa shape index (κ1) is 22.1. The molecule has 8 nitrogen and oxygen atoms in total. The fourth-order valence-electron chi connectivity index (χ4n) is 3.57. The Balaban J connectivity index is 1.55. The number of aliphatic carboxylic acids is 1. The monoisotopic (exact) mass is 457 g/mol. The molecule has 0 amide bonds. The molecule has 2 N–H and O–H groups in total. The van der Waals surface area contributed by atoms with Gasteiger partial charge in [-0.25, -0.2) is 0 Å². The molecule has 32 heavy (non-hydrogen) atoms. The number of hydroxylamine groups is 1. The largest absolute Gasteiger partial charge is 0.489 e. The van der Waals surface area contributed by atoms with Crippen molar-refractivity contribution in [1.29, 1.82) is 0 Å². The number of benzene rings is 2. The van der Waals surface area contributed by atoms with Gasteiger partial charge in [-0.3, -0.25) is 4.79 Å². The molecule has 2 heterocycles. The molecule has 0 spiro atoms. The summed E-state index contributed by atoms with van der Waals surface area (Å²) in [6.45, 7) is 4.45. The highest BCUT2D eigenvalue weighted by atomic mass is 35.5. The van der Waals surface area contributed by atoms with Crippen molar-refractivity contribution >= 4 is 17.6 Å². The molecule has 0 aliphatic carbocycles. The van der Waals surface area contributed by atoms with Crippen LogP contribution >= 0.6 is 11.6 Å². The summed E-state index contributed by atoms with van der Waals surface area (Å²) in [5.74, 6) is 1.46. The molecule has 0 radical (unpaired) electrons. The zero-order valence-electron chi connectivity index (χ0n) is 17.8. The lowest BCUT2D eigenvalue weighted by molar-refractivity contribution is -0.137. The van der Waals surface area contributed by atoms with Crippen LogP contribution in [0.25, 0.3) is 22.8 Å². The Hall–Kier alpha value is -3.10. The number of aromatic nitrogens is 2. The van der Waals surface area contributed by atoms with Gasteiger partial charge in [0.15, 0.2) is 0 Å². The summed E-state index contributed by atoms with van der Waals surface area (Å²) in [6, 6.07) is 11.0. The summed E-state index contributed by atoms with van der Waals surface area (Å²) in [7, 11) is 0. The fourth-order valence-corrected chi connectivity index (χ4v) is 3.80. The number of fused-ring (bicyclic) bond motifs is 1. The van der Waals surface area contributed by atoms with Crippen LogP contribution in [0.4, 0.5) is 0 Å². The van der Waals surface area contributed by atoms with Crippen LogP contribution in [0.15, 0.2) is 40.9 Å². The molecule has 0 bridgehead atoms. The molecule has 0 fully saturated rings. The fraction of sp³-hybridized carbons (Fsp3) is 0.348. The molecule has 0 saturated heterocycles. The minimum absolute atomic E-state index is 0.0180. The highest BCUT2D eigenvalue weighted by Gasteiger charge is 2.21. The van der Waals surface area contributed by atoms with Crippen LogP contribution in [0.5, 0.6) is 11.5 Å². The van der Waals surface area contributed by atoms with E-state index < -0.39 is 5.97 Å². The molecule has 4 rings (SSSR count). The van der Waals surface area contributed by atoms with Gasteiger partial charge in [-0.1, -0.05) is 16.8 Å². The third kappa shape index (κ3) is 5.20. The number of nitrogens with zero attached hydrogens (tertiary/aromatic N) is 2. The van der Waals surface area contributed by atoms with Crippen molar-refractivity contribution in [3.63, 3.8) is 0 Å². The molecule has 2 aromatic carbocycles. The highest BCUT2D eigenvalue weighted by molar-refractivity contribution is 6.32.